The highest BCUT2D eigenvalue weighted by Crippen LogP contribution is 2.29. The van der Waals surface area contributed by atoms with Crippen LogP contribution in [0.1, 0.15) is 18.5 Å². The van der Waals surface area contributed by atoms with Crippen molar-refractivity contribution in [2.75, 3.05) is 24.6 Å². The zero-order valence-electron chi connectivity index (χ0n) is 9.69. The van der Waals surface area contributed by atoms with Crippen molar-refractivity contribution in [3.63, 3.8) is 0 Å². The standard InChI is InChI=1S/C11H14F3N3O/c12-11(13,14)9-3-4-15-10(16-9)17-5-1-2-8(6-17)7-18/h3-4,8,18H,1-2,5-7H2/t8-/m1/s1. The molecule has 1 aromatic rings. The minimum Gasteiger partial charge on any atom is -0.396 e. The lowest BCUT2D eigenvalue weighted by atomic mass is 9.99. The molecule has 4 nitrogen and oxygen atoms in total. The van der Waals surface area contributed by atoms with E-state index in [0.717, 1.165) is 25.1 Å². The number of rotatable bonds is 2. The molecule has 18 heavy (non-hydrogen) atoms. The second kappa shape index (κ2) is 5.09. The van der Waals surface area contributed by atoms with Crippen molar-refractivity contribution in [2.45, 2.75) is 19.0 Å². The van der Waals surface area contributed by atoms with E-state index in [1.165, 1.54) is 0 Å². The van der Waals surface area contributed by atoms with Gasteiger partial charge in [-0.1, -0.05) is 0 Å². The van der Waals surface area contributed by atoms with Gasteiger partial charge in [0, 0.05) is 25.9 Å². The van der Waals surface area contributed by atoms with Crippen LogP contribution < -0.4 is 4.90 Å². The summed E-state index contributed by atoms with van der Waals surface area (Å²) < 4.78 is 37.6. The molecule has 100 valence electrons. The molecule has 2 rings (SSSR count). The highest BCUT2D eigenvalue weighted by molar-refractivity contribution is 5.31. The number of alkyl halides is 3. The van der Waals surface area contributed by atoms with Gasteiger partial charge in [0.25, 0.3) is 0 Å². The van der Waals surface area contributed by atoms with Gasteiger partial charge in [0.1, 0.15) is 5.69 Å². The minimum atomic E-state index is -4.45. The number of aliphatic hydroxyl groups is 1. The van der Waals surface area contributed by atoms with Crippen LogP contribution in [0.4, 0.5) is 19.1 Å². The van der Waals surface area contributed by atoms with Gasteiger partial charge in [-0.2, -0.15) is 13.2 Å². The van der Waals surface area contributed by atoms with Gasteiger partial charge in [0.2, 0.25) is 5.95 Å². The Labute approximate surface area is 102 Å². The summed E-state index contributed by atoms with van der Waals surface area (Å²) in [5.41, 5.74) is -0.932. The fourth-order valence-electron chi connectivity index (χ4n) is 2.05. The lowest BCUT2D eigenvalue weighted by molar-refractivity contribution is -0.141. The normalized spacial score (nSPS) is 21.1. The summed E-state index contributed by atoms with van der Waals surface area (Å²) in [5, 5.41) is 9.09. The molecule has 1 aliphatic heterocycles. The lowest BCUT2D eigenvalue weighted by Gasteiger charge is -2.31. The maximum absolute atomic E-state index is 12.5. The summed E-state index contributed by atoms with van der Waals surface area (Å²) in [6, 6.07) is 0.858. The van der Waals surface area contributed by atoms with Crippen LogP contribution in [0.2, 0.25) is 0 Å². The Balaban J connectivity index is 2.18. The molecule has 0 spiro atoms. The van der Waals surface area contributed by atoms with E-state index in [4.69, 9.17) is 5.11 Å². The summed E-state index contributed by atoms with van der Waals surface area (Å²) >= 11 is 0. The van der Waals surface area contributed by atoms with E-state index in [1.54, 1.807) is 4.90 Å². The maximum Gasteiger partial charge on any atom is 0.433 e. The zero-order valence-corrected chi connectivity index (χ0v) is 9.69. The molecule has 1 aromatic heterocycles. The van der Waals surface area contributed by atoms with Crippen molar-refractivity contribution in [1.82, 2.24) is 9.97 Å². The number of hydrogen-bond donors (Lipinski definition) is 1. The van der Waals surface area contributed by atoms with Gasteiger partial charge in [-0.05, 0) is 24.8 Å². The van der Waals surface area contributed by atoms with Gasteiger partial charge in [0.15, 0.2) is 0 Å². The Morgan fingerprint density at radius 2 is 2.22 bits per heavy atom. The van der Waals surface area contributed by atoms with Crippen LogP contribution in [0.25, 0.3) is 0 Å². The summed E-state index contributed by atoms with van der Waals surface area (Å²) in [4.78, 5) is 9.12. The van der Waals surface area contributed by atoms with Crippen LogP contribution >= 0.6 is 0 Å². The van der Waals surface area contributed by atoms with Gasteiger partial charge in [0.05, 0.1) is 0 Å². The smallest absolute Gasteiger partial charge is 0.396 e. The van der Waals surface area contributed by atoms with Crippen LogP contribution in [0.5, 0.6) is 0 Å². The van der Waals surface area contributed by atoms with E-state index in [1.807, 2.05) is 0 Å². The Hall–Kier alpha value is -1.37. The molecular formula is C11H14F3N3O. The third-order valence-electron chi connectivity index (χ3n) is 2.99. The topological polar surface area (TPSA) is 49.2 Å². The van der Waals surface area contributed by atoms with Crippen molar-refractivity contribution in [3.05, 3.63) is 18.0 Å². The molecule has 0 saturated carbocycles. The van der Waals surface area contributed by atoms with Crippen LogP contribution in [0, 0.1) is 5.92 Å². The second-order valence-electron chi connectivity index (χ2n) is 4.38. The first-order chi connectivity index (χ1) is 8.50. The van der Waals surface area contributed by atoms with Crippen molar-refractivity contribution in [3.8, 4) is 0 Å². The Bertz CT molecular complexity index is 411. The number of anilines is 1. The van der Waals surface area contributed by atoms with Crippen molar-refractivity contribution >= 4 is 5.95 Å². The van der Waals surface area contributed by atoms with Gasteiger partial charge >= 0.3 is 6.18 Å². The molecule has 1 aliphatic rings. The van der Waals surface area contributed by atoms with Crippen molar-refractivity contribution in [1.29, 1.82) is 0 Å². The fourth-order valence-corrected chi connectivity index (χ4v) is 2.05. The molecule has 0 radical (unpaired) electrons. The molecular weight excluding hydrogens is 247 g/mol. The molecule has 0 aliphatic carbocycles. The van der Waals surface area contributed by atoms with Gasteiger partial charge in [-0.3, -0.25) is 0 Å². The molecule has 2 heterocycles. The van der Waals surface area contributed by atoms with E-state index >= 15 is 0 Å². The van der Waals surface area contributed by atoms with E-state index < -0.39 is 11.9 Å². The van der Waals surface area contributed by atoms with Crippen LogP contribution in [-0.2, 0) is 6.18 Å². The lowest BCUT2D eigenvalue weighted by Crippen LogP contribution is -2.38. The van der Waals surface area contributed by atoms with Crippen LogP contribution in [-0.4, -0.2) is 34.8 Å². The number of aliphatic hydroxyl groups excluding tert-OH is 1. The maximum atomic E-state index is 12.5. The van der Waals surface area contributed by atoms with Crippen LogP contribution in [0.15, 0.2) is 12.3 Å². The minimum absolute atomic E-state index is 0.0372. The SMILES string of the molecule is OC[C@@H]1CCCN(c2nccc(C(F)(F)F)n2)C1. The van der Waals surface area contributed by atoms with Gasteiger partial charge in [-0.15, -0.1) is 0 Å². The summed E-state index contributed by atoms with van der Waals surface area (Å²) in [6.45, 7) is 1.16. The molecule has 1 fully saturated rings. The highest BCUT2D eigenvalue weighted by atomic mass is 19.4. The number of halogens is 3. The molecule has 0 unspecified atom stereocenters. The second-order valence-corrected chi connectivity index (χ2v) is 4.38. The first-order valence-corrected chi connectivity index (χ1v) is 5.77. The molecule has 0 amide bonds. The van der Waals surface area contributed by atoms with Crippen molar-refractivity contribution < 1.29 is 18.3 Å². The Morgan fingerprint density at radius 3 is 2.89 bits per heavy atom. The summed E-state index contributed by atoms with van der Waals surface area (Å²) in [5.74, 6) is 0.167. The summed E-state index contributed by atoms with van der Waals surface area (Å²) in [7, 11) is 0. The largest absolute Gasteiger partial charge is 0.433 e. The third-order valence-corrected chi connectivity index (χ3v) is 2.99. The van der Waals surface area contributed by atoms with E-state index in [-0.39, 0.29) is 18.5 Å². The first-order valence-electron chi connectivity index (χ1n) is 5.77. The predicted molar refractivity (Wildman–Crippen MR) is 59.1 cm³/mol. The number of nitrogens with zero attached hydrogens (tertiary/aromatic N) is 3. The van der Waals surface area contributed by atoms with E-state index in [0.29, 0.717) is 13.1 Å². The fraction of sp³-hybridized carbons (Fsp3) is 0.636. The third kappa shape index (κ3) is 2.90. The van der Waals surface area contributed by atoms with E-state index in [2.05, 4.69) is 9.97 Å². The highest BCUT2D eigenvalue weighted by Gasteiger charge is 2.33. The summed E-state index contributed by atoms with van der Waals surface area (Å²) in [6.07, 6.45) is -1.63. The Morgan fingerprint density at radius 1 is 1.44 bits per heavy atom. The van der Waals surface area contributed by atoms with E-state index in [9.17, 15) is 13.2 Å². The number of aromatic nitrogens is 2. The first kappa shape index (κ1) is 13.1. The van der Waals surface area contributed by atoms with Gasteiger partial charge in [-0.25, -0.2) is 9.97 Å². The average molecular weight is 261 g/mol. The van der Waals surface area contributed by atoms with Crippen LogP contribution in [0.3, 0.4) is 0 Å². The van der Waals surface area contributed by atoms with Crippen molar-refractivity contribution in [2.24, 2.45) is 5.92 Å². The predicted octanol–water partition coefficient (Wildman–Crippen LogP) is 1.70. The molecule has 1 N–H and O–H groups in total. The molecule has 7 heteroatoms. The molecule has 1 atom stereocenters. The zero-order chi connectivity index (χ0) is 13.2. The monoisotopic (exact) mass is 261 g/mol. The average Bonchev–Trinajstić information content (AvgIpc) is 2.38. The molecule has 0 aromatic carbocycles. The number of hydrogen-bond acceptors (Lipinski definition) is 4. The van der Waals surface area contributed by atoms with Gasteiger partial charge < -0.3 is 10.0 Å². The number of piperidine rings is 1. The quantitative estimate of drug-likeness (QED) is 0.880. The Kier molecular flexibility index (Phi) is 3.70. The molecule has 1 saturated heterocycles. The molecule has 0 bridgehead atoms.